The fraction of sp³-hybridized carbons (Fsp3) is 0.556. The summed E-state index contributed by atoms with van der Waals surface area (Å²) in [6, 6.07) is 7.09. The molecule has 0 bridgehead atoms. The molecule has 23 heavy (non-hydrogen) atoms. The predicted octanol–water partition coefficient (Wildman–Crippen LogP) is 2.83. The van der Waals surface area contributed by atoms with E-state index in [-0.39, 0.29) is 11.9 Å². The zero-order chi connectivity index (χ0) is 16.8. The normalized spacial score (nSPS) is 24.0. The first-order valence-electron chi connectivity index (χ1n) is 8.23. The van der Waals surface area contributed by atoms with Crippen molar-refractivity contribution in [3.8, 4) is 0 Å². The zero-order valence-corrected chi connectivity index (χ0v) is 14.1. The van der Waals surface area contributed by atoms with E-state index < -0.39 is 0 Å². The Hall–Kier alpha value is -1.88. The van der Waals surface area contributed by atoms with Crippen molar-refractivity contribution in [1.82, 2.24) is 5.32 Å². The van der Waals surface area contributed by atoms with Crippen molar-refractivity contribution in [2.75, 3.05) is 19.0 Å². The van der Waals surface area contributed by atoms with Crippen LogP contribution < -0.4 is 10.6 Å². The maximum Gasteiger partial charge on any atom is 0.337 e. The molecule has 0 aliphatic heterocycles. The molecular formula is C18H26N2O3. The summed E-state index contributed by atoms with van der Waals surface area (Å²) in [7, 11) is 1.34. The Morgan fingerprint density at radius 2 is 1.87 bits per heavy atom. The molecule has 2 N–H and O–H groups in total. The number of carbonyl (C=O) groups excluding carboxylic acids is 2. The van der Waals surface area contributed by atoms with E-state index in [1.165, 1.54) is 20.0 Å². The van der Waals surface area contributed by atoms with Gasteiger partial charge in [-0.25, -0.2) is 4.79 Å². The average Bonchev–Trinajstić information content (AvgIpc) is 2.56. The van der Waals surface area contributed by atoms with Gasteiger partial charge in [-0.15, -0.1) is 0 Å². The number of hydrogen-bond acceptors (Lipinski definition) is 4. The Morgan fingerprint density at radius 1 is 1.17 bits per heavy atom. The lowest BCUT2D eigenvalue weighted by Crippen LogP contribution is -2.43. The summed E-state index contributed by atoms with van der Waals surface area (Å²) in [6.45, 7) is 4.84. The monoisotopic (exact) mass is 318 g/mol. The summed E-state index contributed by atoms with van der Waals surface area (Å²) in [5.41, 5.74) is 1.14. The smallest absolute Gasteiger partial charge is 0.337 e. The highest BCUT2D eigenvalue weighted by Crippen LogP contribution is 2.29. The van der Waals surface area contributed by atoms with Crippen LogP contribution in [0.5, 0.6) is 0 Å². The quantitative estimate of drug-likeness (QED) is 0.819. The second kappa shape index (κ2) is 8.11. The Balaban J connectivity index is 1.81. The summed E-state index contributed by atoms with van der Waals surface area (Å²) in [5.74, 6) is 0.845. The maximum atomic E-state index is 12.1. The molecule has 1 saturated carbocycles. The first kappa shape index (κ1) is 17.5. The molecule has 2 rings (SSSR count). The molecule has 0 radical (unpaired) electrons. The first-order chi connectivity index (χ1) is 11.0. The third-order valence-corrected chi connectivity index (χ3v) is 4.82. The molecule has 5 nitrogen and oxygen atoms in total. The lowest BCUT2D eigenvalue weighted by molar-refractivity contribution is -0.115. The molecule has 3 unspecified atom stereocenters. The van der Waals surface area contributed by atoms with Gasteiger partial charge in [-0.1, -0.05) is 26.7 Å². The molecule has 3 atom stereocenters. The van der Waals surface area contributed by atoms with Crippen LogP contribution in [-0.2, 0) is 9.53 Å². The largest absolute Gasteiger partial charge is 0.465 e. The topological polar surface area (TPSA) is 67.4 Å². The Labute approximate surface area is 137 Å². The molecule has 5 heteroatoms. The van der Waals surface area contributed by atoms with Crippen molar-refractivity contribution in [3.05, 3.63) is 29.8 Å². The second-order valence-corrected chi connectivity index (χ2v) is 6.37. The first-order valence-corrected chi connectivity index (χ1v) is 8.23. The highest BCUT2D eigenvalue weighted by atomic mass is 16.5. The Bertz CT molecular complexity index is 542. The van der Waals surface area contributed by atoms with Crippen LogP contribution in [0.3, 0.4) is 0 Å². The van der Waals surface area contributed by atoms with Gasteiger partial charge in [0.25, 0.3) is 0 Å². The van der Waals surface area contributed by atoms with Gasteiger partial charge in [0.05, 0.1) is 19.2 Å². The van der Waals surface area contributed by atoms with Gasteiger partial charge < -0.3 is 15.4 Å². The Kier molecular flexibility index (Phi) is 6.16. The minimum atomic E-state index is -0.384. The van der Waals surface area contributed by atoms with Crippen molar-refractivity contribution in [2.45, 2.75) is 39.2 Å². The van der Waals surface area contributed by atoms with Crippen molar-refractivity contribution in [3.63, 3.8) is 0 Å². The van der Waals surface area contributed by atoms with E-state index in [1.807, 2.05) is 0 Å². The van der Waals surface area contributed by atoms with Gasteiger partial charge >= 0.3 is 5.97 Å². The van der Waals surface area contributed by atoms with Crippen LogP contribution >= 0.6 is 0 Å². The van der Waals surface area contributed by atoms with Gasteiger partial charge in [0.2, 0.25) is 5.91 Å². The van der Waals surface area contributed by atoms with Crippen LogP contribution in [0.2, 0.25) is 0 Å². The van der Waals surface area contributed by atoms with Gasteiger partial charge in [-0.2, -0.15) is 0 Å². The van der Waals surface area contributed by atoms with E-state index in [2.05, 4.69) is 29.2 Å². The summed E-state index contributed by atoms with van der Waals surface area (Å²) in [4.78, 5) is 23.4. The minimum Gasteiger partial charge on any atom is -0.465 e. The van der Waals surface area contributed by atoms with Gasteiger partial charge in [0.15, 0.2) is 0 Å². The third-order valence-electron chi connectivity index (χ3n) is 4.82. The SMILES string of the molecule is COC(=O)c1ccc(NC(=O)CNC2CCCC(C)C2C)cc1. The van der Waals surface area contributed by atoms with Crippen molar-refractivity contribution < 1.29 is 14.3 Å². The highest BCUT2D eigenvalue weighted by molar-refractivity contribution is 5.93. The Morgan fingerprint density at radius 3 is 2.52 bits per heavy atom. The van der Waals surface area contributed by atoms with Gasteiger partial charge in [-0.05, 0) is 42.5 Å². The molecule has 1 aliphatic rings. The summed E-state index contributed by atoms with van der Waals surface area (Å²) >= 11 is 0. The molecule has 0 spiro atoms. The summed E-state index contributed by atoms with van der Waals surface area (Å²) in [5, 5.41) is 6.21. The molecule has 0 heterocycles. The van der Waals surface area contributed by atoms with E-state index in [0.29, 0.717) is 35.7 Å². The number of methoxy groups -OCH3 is 1. The number of ether oxygens (including phenoxy) is 1. The molecule has 1 aliphatic carbocycles. The van der Waals surface area contributed by atoms with Crippen LogP contribution in [0.15, 0.2) is 24.3 Å². The van der Waals surface area contributed by atoms with E-state index in [1.54, 1.807) is 24.3 Å². The van der Waals surface area contributed by atoms with Crippen molar-refractivity contribution in [2.24, 2.45) is 11.8 Å². The van der Waals surface area contributed by atoms with Crippen LogP contribution in [0, 0.1) is 11.8 Å². The number of nitrogens with one attached hydrogen (secondary N) is 2. The number of hydrogen-bond donors (Lipinski definition) is 2. The van der Waals surface area contributed by atoms with E-state index >= 15 is 0 Å². The molecule has 1 fully saturated rings. The van der Waals surface area contributed by atoms with Gasteiger partial charge in [0.1, 0.15) is 0 Å². The summed E-state index contributed by atoms with van der Waals surface area (Å²) in [6.07, 6.45) is 3.63. The minimum absolute atomic E-state index is 0.0683. The molecule has 1 aromatic carbocycles. The second-order valence-electron chi connectivity index (χ2n) is 6.37. The summed E-state index contributed by atoms with van der Waals surface area (Å²) < 4.78 is 4.65. The fourth-order valence-corrected chi connectivity index (χ4v) is 3.11. The van der Waals surface area contributed by atoms with Crippen LogP contribution in [0.25, 0.3) is 0 Å². The fourth-order valence-electron chi connectivity index (χ4n) is 3.11. The molecule has 0 saturated heterocycles. The zero-order valence-electron chi connectivity index (χ0n) is 14.1. The van der Waals surface area contributed by atoms with E-state index in [4.69, 9.17) is 0 Å². The van der Waals surface area contributed by atoms with Crippen LogP contribution in [0.1, 0.15) is 43.5 Å². The third kappa shape index (κ3) is 4.79. The lowest BCUT2D eigenvalue weighted by Gasteiger charge is -2.34. The molecule has 1 aromatic rings. The highest BCUT2D eigenvalue weighted by Gasteiger charge is 2.26. The van der Waals surface area contributed by atoms with E-state index in [9.17, 15) is 9.59 Å². The van der Waals surface area contributed by atoms with Gasteiger partial charge in [-0.3, -0.25) is 4.79 Å². The standard InChI is InChI=1S/C18H26N2O3/c1-12-5-4-6-16(13(12)2)19-11-17(21)20-15-9-7-14(8-10-15)18(22)23-3/h7-10,12-13,16,19H,4-6,11H2,1-3H3,(H,20,21). The van der Waals surface area contributed by atoms with E-state index in [0.717, 1.165) is 6.42 Å². The van der Waals surface area contributed by atoms with Crippen molar-refractivity contribution >= 4 is 17.6 Å². The van der Waals surface area contributed by atoms with Gasteiger partial charge in [0, 0.05) is 11.7 Å². The average molecular weight is 318 g/mol. The molecular weight excluding hydrogens is 292 g/mol. The lowest BCUT2D eigenvalue weighted by atomic mass is 9.78. The predicted molar refractivity (Wildman–Crippen MR) is 90.4 cm³/mol. The van der Waals surface area contributed by atoms with Crippen LogP contribution in [0.4, 0.5) is 5.69 Å². The maximum absolute atomic E-state index is 12.1. The van der Waals surface area contributed by atoms with Crippen molar-refractivity contribution in [1.29, 1.82) is 0 Å². The number of amides is 1. The molecule has 1 amide bonds. The molecule has 126 valence electrons. The number of anilines is 1. The number of carbonyl (C=O) groups is 2. The number of rotatable bonds is 5. The molecule has 0 aromatic heterocycles. The number of benzene rings is 1. The van der Waals surface area contributed by atoms with Crippen LogP contribution in [-0.4, -0.2) is 31.6 Å². The number of esters is 1.